The van der Waals surface area contributed by atoms with Gasteiger partial charge in [0.25, 0.3) is 0 Å². The predicted octanol–water partition coefficient (Wildman–Crippen LogP) is 0.0663. The number of aromatic nitrogens is 2. The first-order valence-corrected chi connectivity index (χ1v) is 6.65. The molecule has 3 rings (SSSR count). The number of nitrogens with zero attached hydrogens (tertiary/aromatic N) is 6. The molecule has 0 saturated carbocycles. The van der Waals surface area contributed by atoms with Gasteiger partial charge < -0.3 is 14.9 Å². The molecular formula is C13H11N7O3. The third-order valence-electron chi connectivity index (χ3n) is 3.53. The van der Waals surface area contributed by atoms with E-state index in [0.29, 0.717) is 18.6 Å². The fourth-order valence-corrected chi connectivity index (χ4v) is 2.45. The number of rotatable bonds is 2. The number of nitriles is 1. The van der Waals surface area contributed by atoms with Crippen LogP contribution in [0.1, 0.15) is 5.69 Å². The van der Waals surface area contributed by atoms with Gasteiger partial charge >= 0.3 is 11.2 Å². The van der Waals surface area contributed by atoms with Crippen molar-refractivity contribution >= 4 is 28.7 Å². The summed E-state index contributed by atoms with van der Waals surface area (Å²) in [5, 5.41) is 24.3. The Kier molecular flexibility index (Phi) is 3.38. The third-order valence-corrected chi connectivity index (χ3v) is 3.53. The summed E-state index contributed by atoms with van der Waals surface area (Å²) in [6.45, 7) is 0.841. The van der Waals surface area contributed by atoms with Gasteiger partial charge in [0.1, 0.15) is 23.6 Å². The lowest BCUT2D eigenvalue weighted by atomic mass is 10.2. The van der Waals surface area contributed by atoms with Gasteiger partial charge in [-0.1, -0.05) is 0 Å². The van der Waals surface area contributed by atoms with E-state index in [1.54, 1.807) is 6.07 Å². The van der Waals surface area contributed by atoms with Gasteiger partial charge in [0.15, 0.2) is 5.69 Å². The number of nitrogens with one attached hydrogen (secondary N) is 1. The zero-order valence-corrected chi connectivity index (χ0v) is 12.1. The highest BCUT2D eigenvalue weighted by Gasteiger charge is 2.30. The standard InChI is InChI=1S/C13H11N7O3/c1-18-9-3-2-8(6-14)17-10(9)11(12(13(18)21)20(22)23)19-5-4-15-16-7-19/h2-3,7,15H,4-5H2,1H3. The van der Waals surface area contributed by atoms with Crippen molar-refractivity contribution < 1.29 is 4.92 Å². The van der Waals surface area contributed by atoms with Gasteiger partial charge in [-0.2, -0.15) is 10.4 Å². The molecule has 116 valence electrons. The highest BCUT2D eigenvalue weighted by molar-refractivity contribution is 5.99. The maximum Gasteiger partial charge on any atom is 0.359 e. The van der Waals surface area contributed by atoms with E-state index in [1.807, 2.05) is 6.07 Å². The van der Waals surface area contributed by atoms with Crippen LogP contribution in [0.25, 0.3) is 11.0 Å². The summed E-state index contributed by atoms with van der Waals surface area (Å²) in [5.41, 5.74) is 2.18. The molecular weight excluding hydrogens is 302 g/mol. The molecule has 1 aliphatic rings. The van der Waals surface area contributed by atoms with Gasteiger partial charge in [-0.25, -0.2) is 4.98 Å². The van der Waals surface area contributed by atoms with Crippen LogP contribution in [-0.2, 0) is 7.05 Å². The second-order valence-electron chi connectivity index (χ2n) is 4.84. The van der Waals surface area contributed by atoms with Crippen molar-refractivity contribution in [3.63, 3.8) is 0 Å². The summed E-state index contributed by atoms with van der Waals surface area (Å²) in [4.78, 5) is 28.8. The van der Waals surface area contributed by atoms with Crippen LogP contribution in [0.4, 0.5) is 11.4 Å². The average Bonchev–Trinajstić information content (AvgIpc) is 2.57. The Morgan fingerprint density at radius 2 is 2.26 bits per heavy atom. The molecule has 0 amide bonds. The van der Waals surface area contributed by atoms with Gasteiger partial charge in [0.05, 0.1) is 17.0 Å². The Bertz CT molecular complexity index is 941. The molecule has 0 aliphatic carbocycles. The topological polar surface area (TPSA) is 129 Å². The van der Waals surface area contributed by atoms with Crippen LogP contribution >= 0.6 is 0 Å². The minimum absolute atomic E-state index is 0.0513. The molecule has 23 heavy (non-hydrogen) atoms. The molecule has 0 atom stereocenters. The quantitative estimate of drug-likeness (QED) is 0.613. The summed E-state index contributed by atoms with van der Waals surface area (Å²) in [6, 6.07) is 4.91. The lowest BCUT2D eigenvalue weighted by molar-refractivity contribution is -0.385. The summed E-state index contributed by atoms with van der Waals surface area (Å²) in [6.07, 6.45) is 1.37. The van der Waals surface area contributed by atoms with Crippen molar-refractivity contribution in [1.29, 1.82) is 5.26 Å². The first kappa shape index (κ1) is 14.5. The zero-order valence-electron chi connectivity index (χ0n) is 12.1. The van der Waals surface area contributed by atoms with E-state index in [0.717, 1.165) is 4.57 Å². The SMILES string of the molecule is Cn1c(=O)c([N+](=O)[O-])c(N2C=NNCC2)c2nc(C#N)ccc21. The lowest BCUT2D eigenvalue weighted by Gasteiger charge is -2.23. The van der Waals surface area contributed by atoms with Crippen molar-refractivity contribution in [3.05, 3.63) is 38.3 Å². The number of anilines is 1. The molecule has 10 heteroatoms. The highest BCUT2D eigenvalue weighted by atomic mass is 16.6. The normalized spacial score (nSPS) is 13.7. The van der Waals surface area contributed by atoms with Crippen molar-refractivity contribution in [2.24, 2.45) is 12.1 Å². The number of aryl methyl sites for hydroxylation is 1. The number of hydrogen-bond acceptors (Lipinski definition) is 8. The van der Waals surface area contributed by atoms with E-state index in [4.69, 9.17) is 5.26 Å². The van der Waals surface area contributed by atoms with E-state index < -0.39 is 16.2 Å². The Morgan fingerprint density at radius 3 is 2.87 bits per heavy atom. The van der Waals surface area contributed by atoms with Crippen LogP contribution in [0.5, 0.6) is 0 Å². The summed E-state index contributed by atoms with van der Waals surface area (Å²) < 4.78 is 1.16. The molecule has 0 aromatic carbocycles. The first-order chi connectivity index (χ1) is 11.0. The molecule has 2 aromatic heterocycles. The van der Waals surface area contributed by atoms with Crippen LogP contribution in [0.2, 0.25) is 0 Å². The molecule has 3 heterocycles. The molecule has 0 fully saturated rings. The van der Waals surface area contributed by atoms with Crippen LogP contribution in [-0.4, -0.2) is 33.9 Å². The summed E-state index contributed by atoms with van der Waals surface area (Å²) in [5.74, 6) is 0. The predicted molar refractivity (Wildman–Crippen MR) is 82.2 cm³/mol. The van der Waals surface area contributed by atoms with Gasteiger partial charge in [0, 0.05) is 13.6 Å². The Labute approximate surface area is 129 Å². The monoisotopic (exact) mass is 313 g/mol. The van der Waals surface area contributed by atoms with Crippen molar-refractivity contribution in [2.75, 3.05) is 18.0 Å². The molecule has 0 spiro atoms. The molecule has 1 N–H and O–H groups in total. The van der Waals surface area contributed by atoms with Gasteiger partial charge in [-0.05, 0) is 12.1 Å². The Hall–Kier alpha value is -3.48. The lowest BCUT2D eigenvalue weighted by Crippen LogP contribution is -2.37. The largest absolute Gasteiger partial charge is 0.359 e. The fourth-order valence-electron chi connectivity index (χ4n) is 2.45. The molecule has 10 nitrogen and oxygen atoms in total. The number of hydrogen-bond donors (Lipinski definition) is 1. The van der Waals surface area contributed by atoms with Crippen LogP contribution < -0.4 is 15.9 Å². The Morgan fingerprint density at radius 1 is 1.48 bits per heavy atom. The smallest absolute Gasteiger partial charge is 0.321 e. The number of nitro groups is 1. The fraction of sp³-hybridized carbons (Fsp3) is 0.231. The van der Waals surface area contributed by atoms with Crippen molar-refractivity contribution in [1.82, 2.24) is 15.0 Å². The van der Waals surface area contributed by atoms with Gasteiger partial charge in [0.2, 0.25) is 0 Å². The molecule has 0 radical (unpaired) electrons. The van der Waals surface area contributed by atoms with Crippen molar-refractivity contribution in [3.8, 4) is 6.07 Å². The number of pyridine rings is 2. The molecule has 2 aromatic rings. The van der Waals surface area contributed by atoms with E-state index in [9.17, 15) is 14.9 Å². The first-order valence-electron chi connectivity index (χ1n) is 6.65. The second kappa shape index (κ2) is 5.38. The van der Waals surface area contributed by atoms with Gasteiger partial charge in [-0.3, -0.25) is 14.9 Å². The molecule has 0 unspecified atom stereocenters. The third kappa shape index (κ3) is 2.24. The highest BCUT2D eigenvalue weighted by Crippen LogP contribution is 2.31. The molecule has 0 saturated heterocycles. The minimum Gasteiger partial charge on any atom is -0.321 e. The van der Waals surface area contributed by atoms with E-state index in [1.165, 1.54) is 24.4 Å². The maximum absolute atomic E-state index is 12.4. The van der Waals surface area contributed by atoms with Crippen LogP contribution in [0.3, 0.4) is 0 Å². The van der Waals surface area contributed by atoms with Crippen molar-refractivity contribution in [2.45, 2.75) is 0 Å². The van der Waals surface area contributed by atoms with E-state index in [2.05, 4.69) is 15.5 Å². The summed E-state index contributed by atoms with van der Waals surface area (Å²) in [7, 11) is 1.43. The zero-order chi connectivity index (χ0) is 16.6. The number of fused-ring (bicyclic) bond motifs is 1. The van der Waals surface area contributed by atoms with E-state index >= 15 is 0 Å². The van der Waals surface area contributed by atoms with Crippen LogP contribution in [0.15, 0.2) is 22.0 Å². The number of hydrazone groups is 1. The van der Waals surface area contributed by atoms with Crippen LogP contribution in [0, 0.1) is 21.4 Å². The van der Waals surface area contributed by atoms with Gasteiger partial charge in [-0.15, -0.1) is 0 Å². The molecule has 1 aliphatic heterocycles. The minimum atomic E-state index is -0.740. The second-order valence-corrected chi connectivity index (χ2v) is 4.84. The molecule has 0 bridgehead atoms. The average molecular weight is 313 g/mol. The summed E-state index contributed by atoms with van der Waals surface area (Å²) >= 11 is 0. The maximum atomic E-state index is 12.4. The Balaban J connectivity index is 2.48. The van der Waals surface area contributed by atoms with E-state index in [-0.39, 0.29) is 16.9 Å².